The van der Waals surface area contributed by atoms with Crippen LogP contribution in [0.3, 0.4) is 0 Å². The summed E-state index contributed by atoms with van der Waals surface area (Å²) in [6, 6.07) is 0. The van der Waals surface area contributed by atoms with E-state index < -0.39 is 0 Å². The van der Waals surface area contributed by atoms with E-state index in [9.17, 15) is 0 Å². The number of aromatic amines is 1. The third-order valence-corrected chi connectivity index (χ3v) is 1.86. The minimum atomic E-state index is 0.0347. The van der Waals surface area contributed by atoms with Crippen molar-refractivity contribution in [1.29, 1.82) is 0 Å². The van der Waals surface area contributed by atoms with Gasteiger partial charge in [0.2, 0.25) is 0 Å². The van der Waals surface area contributed by atoms with Crippen LogP contribution >= 0.6 is 0 Å². The molecular weight excluding hydrogens is 184 g/mol. The molecule has 2 nitrogen and oxygen atoms in total. The van der Waals surface area contributed by atoms with Crippen molar-refractivity contribution in [3.05, 3.63) is 17.7 Å². The minimum absolute atomic E-state index is 0.0347. The van der Waals surface area contributed by atoms with Gasteiger partial charge in [-0.05, 0) is 26.7 Å². The van der Waals surface area contributed by atoms with Gasteiger partial charge in [-0.15, -0.1) is 0 Å². The van der Waals surface area contributed by atoms with Crippen LogP contribution in [0.4, 0.5) is 0 Å². The number of nitrogens with one attached hydrogen (secondary N) is 1. The van der Waals surface area contributed by atoms with Gasteiger partial charge in [-0.1, -0.05) is 26.7 Å². The summed E-state index contributed by atoms with van der Waals surface area (Å²) in [6.07, 6.45) is 1.80. The van der Waals surface area contributed by atoms with Crippen LogP contribution in [0.2, 0.25) is 0 Å². The lowest BCUT2D eigenvalue weighted by atomic mass is 9.96. The molecule has 1 N–H and O–H groups in total. The Kier molecular flexibility index (Phi) is 2.95. The Morgan fingerprint density at radius 1 is 1.13 bits per heavy atom. The molecule has 1 rings (SSSR count). The zero-order valence-electron chi connectivity index (χ0n) is 10.5. The molecule has 1 aromatic heterocycles. The molecule has 0 aliphatic rings. The molecular formula is C13H20N2. The fraction of sp³-hybridized carbons (Fsp3) is 0.615. The van der Waals surface area contributed by atoms with E-state index in [0.717, 1.165) is 11.5 Å². The van der Waals surface area contributed by atoms with Crippen molar-refractivity contribution in [2.75, 3.05) is 0 Å². The van der Waals surface area contributed by atoms with Gasteiger partial charge < -0.3 is 4.98 Å². The fourth-order valence-corrected chi connectivity index (χ4v) is 1.02. The standard InChI is InChI=1S/C13H20N2/c1-12(2,3)8-7-10-9-14-11(15-10)13(4,5)6/h9H,1-6H3,(H,14,15). The SMILES string of the molecule is CC(C)(C)C#Cc1cnc(C(C)(C)C)[nH]1. The van der Waals surface area contributed by atoms with Crippen LogP contribution in [0.1, 0.15) is 53.1 Å². The third kappa shape index (κ3) is 3.79. The molecule has 15 heavy (non-hydrogen) atoms. The molecule has 1 heterocycles. The van der Waals surface area contributed by atoms with Crippen LogP contribution in [0.25, 0.3) is 0 Å². The maximum atomic E-state index is 4.33. The van der Waals surface area contributed by atoms with Crippen LogP contribution in [0.15, 0.2) is 6.20 Å². The maximum Gasteiger partial charge on any atom is 0.112 e. The maximum absolute atomic E-state index is 4.33. The molecule has 0 saturated heterocycles. The molecule has 0 spiro atoms. The normalized spacial score (nSPS) is 12.1. The Hall–Kier alpha value is -1.23. The quantitative estimate of drug-likeness (QED) is 0.646. The van der Waals surface area contributed by atoms with Crippen molar-refractivity contribution >= 4 is 0 Å². The Morgan fingerprint density at radius 3 is 2.13 bits per heavy atom. The zero-order valence-corrected chi connectivity index (χ0v) is 10.5. The third-order valence-electron chi connectivity index (χ3n) is 1.86. The van der Waals surface area contributed by atoms with Crippen molar-refractivity contribution in [2.24, 2.45) is 5.41 Å². The monoisotopic (exact) mass is 204 g/mol. The van der Waals surface area contributed by atoms with Crippen molar-refractivity contribution < 1.29 is 0 Å². The fourth-order valence-electron chi connectivity index (χ4n) is 1.02. The van der Waals surface area contributed by atoms with Gasteiger partial charge in [-0.3, -0.25) is 0 Å². The van der Waals surface area contributed by atoms with E-state index in [2.05, 4.69) is 63.4 Å². The first-order chi connectivity index (χ1) is 6.68. The Balaban J connectivity index is 2.90. The van der Waals surface area contributed by atoms with Crippen LogP contribution in [0.5, 0.6) is 0 Å². The highest BCUT2D eigenvalue weighted by atomic mass is 14.9. The Morgan fingerprint density at radius 2 is 1.73 bits per heavy atom. The second-order valence-corrected chi connectivity index (χ2v) is 5.90. The molecule has 0 amide bonds. The van der Waals surface area contributed by atoms with Crippen LogP contribution in [-0.2, 0) is 5.41 Å². The number of rotatable bonds is 0. The van der Waals surface area contributed by atoms with E-state index >= 15 is 0 Å². The number of aromatic nitrogens is 2. The Bertz CT molecular complexity index is 389. The highest BCUT2D eigenvalue weighted by Crippen LogP contribution is 2.18. The van der Waals surface area contributed by atoms with Gasteiger partial charge in [0.15, 0.2) is 0 Å². The molecule has 0 atom stereocenters. The predicted octanol–water partition coefficient (Wildman–Crippen LogP) is 3.10. The van der Waals surface area contributed by atoms with Gasteiger partial charge in [0, 0.05) is 10.8 Å². The lowest BCUT2D eigenvalue weighted by molar-refractivity contribution is 0.552. The molecule has 0 bridgehead atoms. The second-order valence-electron chi connectivity index (χ2n) is 5.90. The smallest absolute Gasteiger partial charge is 0.112 e. The second kappa shape index (κ2) is 3.73. The summed E-state index contributed by atoms with van der Waals surface area (Å²) < 4.78 is 0. The largest absolute Gasteiger partial charge is 0.335 e. The summed E-state index contributed by atoms with van der Waals surface area (Å²) in [4.78, 5) is 7.57. The van der Waals surface area contributed by atoms with Crippen molar-refractivity contribution in [3.63, 3.8) is 0 Å². The van der Waals surface area contributed by atoms with Crippen LogP contribution in [0, 0.1) is 17.3 Å². The molecule has 0 unspecified atom stereocenters. The summed E-state index contributed by atoms with van der Waals surface area (Å²) in [5.41, 5.74) is 0.990. The highest BCUT2D eigenvalue weighted by Gasteiger charge is 2.16. The van der Waals surface area contributed by atoms with E-state index in [1.54, 1.807) is 6.20 Å². The number of nitrogens with zero attached hydrogens (tertiary/aromatic N) is 1. The number of imidazole rings is 1. The Labute approximate surface area is 92.5 Å². The van der Waals surface area contributed by atoms with Gasteiger partial charge in [0.05, 0.1) is 6.20 Å². The van der Waals surface area contributed by atoms with Crippen molar-refractivity contribution in [3.8, 4) is 11.8 Å². The predicted molar refractivity (Wildman–Crippen MR) is 63.6 cm³/mol. The highest BCUT2D eigenvalue weighted by molar-refractivity contribution is 5.28. The molecule has 0 saturated carbocycles. The number of hydrogen-bond donors (Lipinski definition) is 1. The van der Waals surface area contributed by atoms with Crippen LogP contribution in [-0.4, -0.2) is 9.97 Å². The summed E-state index contributed by atoms with van der Waals surface area (Å²) >= 11 is 0. The lowest BCUT2D eigenvalue weighted by Gasteiger charge is -2.13. The zero-order chi connectivity index (χ0) is 11.7. The van der Waals surface area contributed by atoms with E-state index in [0.29, 0.717) is 0 Å². The van der Waals surface area contributed by atoms with E-state index in [1.807, 2.05) is 0 Å². The van der Waals surface area contributed by atoms with Gasteiger partial charge >= 0.3 is 0 Å². The van der Waals surface area contributed by atoms with Crippen LogP contribution < -0.4 is 0 Å². The molecule has 0 radical (unpaired) electrons. The van der Waals surface area contributed by atoms with Gasteiger partial charge in [-0.25, -0.2) is 4.98 Å². The summed E-state index contributed by atoms with van der Waals surface area (Å²) in [7, 11) is 0. The van der Waals surface area contributed by atoms with Gasteiger partial charge in [-0.2, -0.15) is 0 Å². The summed E-state index contributed by atoms with van der Waals surface area (Å²) in [5, 5.41) is 0. The van der Waals surface area contributed by atoms with E-state index in [4.69, 9.17) is 0 Å². The molecule has 0 fully saturated rings. The van der Waals surface area contributed by atoms with E-state index in [1.165, 1.54) is 0 Å². The van der Waals surface area contributed by atoms with Gasteiger partial charge in [0.1, 0.15) is 11.5 Å². The van der Waals surface area contributed by atoms with Crippen molar-refractivity contribution in [1.82, 2.24) is 9.97 Å². The molecule has 0 aromatic carbocycles. The number of H-pyrrole nitrogens is 1. The van der Waals surface area contributed by atoms with Gasteiger partial charge in [0.25, 0.3) is 0 Å². The molecule has 0 aliphatic carbocycles. The molecule has 82 valence electrons. The molecule has 2 heteroatoms. The first kappa shape index (κ1) is 11.8. The summed E-state index contributed by atoms with van der Waals surface area (Å²) in [5.74, 6) is 7.28. The topological polar surface area (TPSA) is 28.7 Å². The summed E-state index contributed by atoms with van der Waals surface area (Å²) in [6.45, 7) is 12.7. The molecule has 0 aliphatic heterocycles. The first-order valence-electron chi connectivity index (χ1n) is 5.27. The number of hydrogen-bond acceptors (Lipinski definition) is 1. The average molecular weight is 204 g/mol. The first-order valence-corrected chi connectivity index (χ1v) is 5.27. The van der Waals surface area contributed by atoms with E-state index in [-0.39, 0.29) is 10.8 Å². The average Bonchev–Trinajstić information content (AvgIpc) is 2.45. The minimum Gasteiger partial charge on any atom is -0.335 e. The molecule has 1 aromatic rings. The lowest BCUT2D eigenvalue weighted by Crippen LogP contribution is -2.13. The van der Waals surface area contributed by atoms with Crippen molar-refractivity contribution in [2.45, 2.75) is 47.0 Å².